The molecule has 10 heteroatoms. The second-order valence-electron chi connectivity index (χ2n) is 12.5. The van der Waals surface area contributed by atoms with Crippen LogP contribution in [0.25, 0.3) is 11.0 Å². The average Bonchev–Trinajstić information content (AvgIpc) is 3.19. The molecule has 5 atom stereocenters. The van der Waals surface area contributed by atoms with Gasteiger partial charge in [0.2, 0.25) is 17.8 Å². The Balaban J connectivity index is 1.54. The Morgan fingerprint density at radius 1 is 1.14 bits per heavy atom. The molecule has 44 heavy (non-hydrogen) atoms. The molecule has 1 aromatic carbocycles. The molecule has 5 rings (SSSR count). The number of amides is 3. The SMILES string of the molecule is C=CC(=O)N1CCCC[C@@H](n2c(NC(=O)c3ccnc(C)c3)nc3cccc(O[C@@H]4CC(C)[C@@H](N(C)C(C)=O)CC4C)c32)C1. The molecular formula is C34H44N6O4. The van der Waals surface area contributed by atoms with E-state index in [-0.39, 0.29) is 47.7 Å². The average molecular weight is 601 g/mol. The smallest absolute Gasteiger partial charge is 0.258 e. The van der Waals surface area contributed by atoms with Crippen LogP contribution in [0.4, 0.5) is 5.95 Å². The van der Waals surface area contributed by atoms with Gasteiger partial charge >= 0.3 is 0 Å². The zero-order valence-electron chi connectivity index (χ0n) is 26.5. The summed E-state index contributed by atoms with van der Waals surface area (Å²) in [4.78, 5) is 51.1. The van der Waals surface area contributed by atoms with Gasteiger partial charge in [0.05, 0.1) is 11.6 Å². The molecule has 2 aromatic heterocycles. The fourth-order valence-electron chi connectivity index (χ4n) is 6.80. The number of hydrogen-bond donors (Lipinski definition) is 1. The van der Waals surface area contributed by atoms with Crippen molar-refractivity contribution in [3.8, 4) is 5.75 Å². The van der Waals surface area contributed by atoms with Gasteiger partial charge in [-0.2, -0.15) is 0 Å². The first-order chi connectivity index (χ1) is 21.1. The molecule has 1 saturated carbocycles. The molecule has 2 unspecified atom stereocenters. The van der Waals surface area contributed by atoms with Crippen LogP contribution in [0.5, 0.6) is 5.75 Å². The van der Waals surface area contributed by atoms with Gasteiger partial charge in [0, 0.05) is 50.6 Å². The summed E-state index contributed by atoms with van der Waals surface area (Å²) in [6.07, 6.45) is 7.21. The van der Waals surface area contributed by atoms with Crippen LogP contribution in [0.15, 0.2) is 49.2 Å². The van der Waals surface area contributed by atoms with Crippen molar-refractivity contribution in [3.63, 3.8) is 0 Å². The van der Waals surface area contributed by atoms with Crippen molar-refractivity contribution in [3.05, 3.63) is 60.4 Å². The van der Waals surface area contributed by atoms with E-state index in [9.17, 15) is 14.4 Å². The maximum absolute atomic E-state index is 13.5. The molecule has 1 N–H and O–H groups in total. The Bertz CT molecular complexity index is 1550. The van der Waals surface area contributed by atoms with Gasteiger partial charge in [-0.3, -0.25) is 24.7 Å². The maximum atomic E-state index is 13.5. The highest BCUT2D eigenvalue weighted by Crippen LogP contribution is 2.39. The second kappa shape index (κ2) is 13.2. The molecule has 1 aliphatic carbocycles. The minimum Gasteiger partial charge on any atom is -0.488 e. The summed E-state index contributed by atoms with van der Waals surface area (Å²) in [5, 5.41) is 3.06. The van der Waals surface area contributed by atoms with Crippen LogP contribution in [0.1, 0.15) is 75.0 Å². The van der Waals surface area contributed by atoms with Gasteiger partial charge in [-0.05, 0) is 81.2 Å². The van der Waals surface area contributed by atoms with Crippen molar-refractivity contribution in [2.24, 2.45) is 11.8 Å². The van der Waals surface area contributed by atoms with Gasteiger partial charge in [-0.15, -0.1) is 0 Å². The minimum atomic E-state index is -0.280. The van der Waals surface area contributed by atoms with Crippen LogP contribution in [0.2, 0.25) is 0 Å². The van der Waals surface area contributed by atoms with Crippen molar-refractivity contribution in [1.29, 1.82) is 0 Å². The quantitative estimate of drug-likeness (QED) is 0.364. The van der Waals surface area contributed by atoms with E-state index >= 15 is 0 Å². The fourth-order valence-corrected chi connectivity index (χ4v) is 6.80. The van der Waals surface area contributed by atoms with Crippen molar-refractivity contribution >= 4 is 34.7 Å². The highest BCUT2D eigenvalue weighted by Gasteiger charge is 2.37. The Kier molecular flexibility index (Phi) is 9.36. The maximum Gasteiger partial charge on any atom is 0.258 e. The lowest BCUT2D eigenvalue weighted by atomic mass is 9.77. The number of para-hydroxylation sites is 1. The minimum absolute atomic E-state index is 0.0543. The summed E-state index contributed by atoms with van der Waals surface area (Å²) in [7, 11) is 1.88. The molecule has 2 fully saturated rings. The number of fused-ring (bicyclic) bond motifs is 1. The molecule has 234 valence electrons. The van der Waals surface area contributed by atoms with Crippen LogP contribution < -0.4 is 10.1 Å². The zero-order chi connectivity index (χ0) is 31.5. The van der Waals surface area contributed by atoms with Crippen molar-refractivity contribution < 1.29 is 19.1 Å². The molecule has 0 radical (unpaired) electrons. The third-order valence-electron chi connectivity index (χ3n) is 9.34. The van der Waals surface area contributed by atoms with Gasteiger partial charge in [0.25, 0.3) is 5.91 Å². The summed E-state index contributed by atoms with van der Waals surface area (Å²) < 4.78 is 8.90. The Labute approximate surface area is 259 Å². The topological polar surface area (TPSA) is 110 Å². The van der Waals surface area contributed by atoms with E-state index in [0.717, 1.165) is 43.3 Å². The summed E-state index contributed by atoms with van der Waals surface area (Å²) >= 11 is 0. The first-order valence-electron chi connectivity index (χ1n) is 15.6. The van der Waals surface area contributed by atoms with Crippen molar-refractivity contribution in [1.82, 2.24) is 24.3 Å². The summed E-state index contributed by atoms with van der Waals surface area (Å²) in [6.45, 7) is 12.7. The first-order valence-corrected chi connectivity index (χ1v) is 15.6. The van der Waals surface area contributed by atoms with Gasteiger partial charge in [-0.1, -0.05) is 26.5 Å². The van der Waals surface area contributed by atoms with Gasteiger partial charge < -0.3 is 19.1 Å². The third-order valence-corrected chi connectivity index (χ3v) is 9.34. The molecule has 3 aromatic rings. The van der Waals surface area contributed by atoms with Crippen molar-refractivity contribution in [2.75, 3.05) is 25.5 Å². The number of benzene rings is 1. The van der Waals surface area contributed by atoms with E-state index in [1.165, 1.54) is 6.08 Å². The van der Waals surface area contributed by atoms with Crippen LogP contribution in [0, 0.1) is 18.8 Å². The Morgan fingerprint density at radius 2 is 1.93 bits per heavy atom. The number of pyridine rings is 1. The highest BCUT2D eigenvalue weighted by atomic mass is 16.5. The van der Waals surface area contributed by atoms with E-state index in [1.807, 2.05) is 42.0 Å². The number of likely N-dealkylation sites (tertiary alicyclic amines) is 1. The predicted molar refractivity (Wildman–Crippen MR) is 171 cm³/mol. The molecule has 10 nitrogen and oxygen atoms in total. The van der Waals surface area contributed by atoms with Gasteiger partial charge in [0.15, 0.2) is 0 Å². The number of anilines is 1. The summed E-state index contributed by atoms with van der Waals surface area (Å²) in [5.41, 5.74) is 2.75. The van der Waals surface area contributed by atoms with E-state index in [2.05, 4.69) is 35.3 Å². The van der Waals surface area contributed by atoms with E-state index in [1.54, 1.807) is 25.3 Å². The number of imidazole rings is 1. The monoisotopic (exact) mass is 600 g/mol. The number of carbonyl (C=O) groups is 3. The molecule has 0 bridgehead atoms. The molecule has 3 heterocycles. The number of hydrogen-bond acceptors (Lipinski definition) is 6. The third kappa shape index (κ3) is 6.49. The van der Waals surface area contributed by atoms with Gasteiger partial charge in [0.1, 0.15) is 17.4 Å². The van der Waals surface area contributed by atoms with Crippen LogP contribution >= 0.6 is 0 Å². The first kappa shape index (κ1) is 31.2. The zero-order valence-corrected chi connectivity index (χ0v) is 26.5. The predicted octanol–water partition coefficient (Wildman–Crippen LogP) is 5.39. The second-order valence-corrected chi connectivity index (χ2v) is 12.5. The van der Waals surface area contributed by atoms with Crippen LogP contribution in [-0.2, 0) is 9.59 Å². The number of aromatic nitrogens is 3. The van der Waals surface area contributed by atoms with Gasteiger partial charge in [-0.25, -0.2) is 4.98 Å². The molecule has 1 aliphatic heterocycles. The van der Waals surface area contributed by atoms with E-state index in [4.69, 9.17) is 9.72 Å². The lowest BCUT2D eigenvalue weighted by Crippen LogP contribution is -2.48. The van der Waals surface area contributed by atoms with E-state index in [0.29, 0.717) is 35.9 Å². The molecule has 0 spiro atoms. The fraction of sp³-hybridized carbons (Fsp3) is 0.500. The largest absolute Gasteiger partial charge is 0.488 e. The summed E-state index contributed by atoms with van der Waals surface area (Å²) in [5.74, 6) is 1.30. The lowest BCUT2D eigenvalue weighted by Gasteiger charge is -2.42. The number of rotatable bonds is 7. The number of aryl methyl sites for hydroxylation is 1. The summed E-state index contributed by atoms with van der Waals surface area (Å²) in [6, 6.07) is 9.28. The van der Waals surface area contributed by atoms with E-state index < -0.39 is 0 Å². The standard InChI is InChI=1S/C34H44N6O4/c1-7-31(42)39-16-9-8-11-26(20-39)40-32-27(36-34(40)37-33(43)25-14-15-35-23(4)19-25)12-10-13-29(32)44-30-18-21(2)28(17-22(30)3)38(6)24(5)41/h7,10,12-15,19,21-22,26,28,30H,1,8-9,11,16-18,20H2,2-6H3,(H,36,37,43)/t21?,22?,26-,28+,30-/m1/s1. The number of nitrogens with zero attached hydrogens (tertiary/aromatic N) is 5. The molecule has 3 amide bonds. The highest BCUT2D eigenvalue weighted by molar-refractivity contribution is 6.04. The Morgan fingerprint density at radius 3 is 2.66 bits per heavy atom. The molecular weight excluding hydrogens is 556 g/mol. The Hall–Kier alpha value is -4.21. The number of carbonyl (C=O) groups excluding carboxylic acids is 3. The van der Waals surface area contributed by atoms with Crippen LogP contribution in [-0.4, -0.2) is 74.3 Å². The lowest BCUT2D eigenvalue weighted by molar-refractivity contribution is -0.132. The van der Waals surface area contributed by atoms with Crippen LogP contribution in [0.3, 0.4) is 0 Å². The number of ether oxygens (including phenoxy) is 1. The van der Waals surface area contributed by atoms with Crippen molar-refractivity contribution in [2.45, 2.75) is 78.0 Å². The molecule has 2 aliphatic rings. The normalized spacial score (nSPS) is 23.9. The number of nitrogens with one attached hydrogen (secondary N) is 1. The molecule has 1 saturated heterocycles.